The molecular weight excluding hydrogens is 166 g/mol. The van der Waals surface area contributed by atoms with Crippen LogP contribution in [0.15, 0.2) is 6.07 Å². The first-order valence-electron chi connectivity index (χ1n) is 3.00. The fourth-order valence-corrected chi connectivity index (χ4v) is 0.929. The van der Waals surface area contributed by atoms with Gasteiger partial charge in [-0.05, 0) is 12.5 Å². The van der Waals surface area contributed by atoms with Crippen molar-refractivity contribution < 1.29 is 10.2 Å². The van der Waals surface area contributed by atoms with Gasteiger partial charge in [0.05, 0.1) is 10.7 Å². The van der Waals surface area contributed by atoms with Gasteiger partial charge in [-0.1, -0.05) is 11.6 Å². The fourth-order valence-electron chi connectivity index (χ4n) is 0.773. The number of hydrogen-bond donors (Lipinski definition) is 3. The number of phenolic OH excluding ortho intramolecular Hbond substituents is 2. The first-order valence-corrected chi connectivity index (χ1v) is 3.38. The summed E-state index contributed by atoms with van der Waals surface area (Å²) < 4.78 is 0. The Morgan fingerprint density at radius 1 is 1.36 bits per heavy atom. The molecule has 11 heavy (non-hydrogen) atoms. The summed E-state index contributed by atoms with van der Waals surface area (Å²) in [5.74, 6) is -0.305. The van der Waals surface area contributed by atoms with Crippen LogP contribution in [0.4, 0.5) is 5.69 Å². The lowest BCUT2D eigenvalue weighted by atomic mass is 10.2. The van der Waals surface area contributed by atoms with E-state index in [-0.39, 0.29) is 22.2 Å². The Labute approximate surface area is 69.0 Å². The largest absolute Gasteiger partial charge is 0.506 e. The van der Waals surface area contributed by atoms with E-state index in [1.54, 1.807) is 6.92 Å². The number of hydrogen-bond acceptors (Lipinski definition) is 3. The third-order valence-corrected chi connectivity index (χ3v) is 1.98. The van der Waals surface area contributed by atoms with Gasteiger partial charge in [-0.15, -0.1) is 0 Å². The van der Waals surface area contributed by atoms with Crippen molar-refractivity contribution in [1.29, 1.82) is 0 Å². The molecule has 0 bridgehead atoms. The molecule has 0 heterocycles. The molecule has 1 rings (SSSR count). The van der Waals surface area contributed by atoms with Gasteiger partial charge in [0.2, 0.25) is 0 Å². The van der Waals surface area contributed by atoms with E-state index in [1.165, 1.54) is 0 Å². The molecular formula is C7H8ClNO2. The Balaban J connectivity index is 3.46. The van der Waals surface area contributed by atoms with Crippen molar-refractivity contribution in [1.82, 2.24) is 0 Å². The van der Waals surface area contributed by atoms with Crippen LogP contribution in [0.2, 0.25) is 5.02 Å². The van der Waals surface area contributed by atoms with Gasteiger partial charge in [-0.25, -0.2) is 0 Å². The number of halogens is 1. The maximum atomic E-state index is 9.06. The molecule has 0 aliphatic heterocycles. The zero-order chi connectivity index (χ0) is 8.59. The lowest BCUT2D eigenvalue weighted by molar-refractivity contribution is 0.452. The molecule has 0 atom stereocenters. The predicted molar refractivity (Wildman–Crippen MR) is 43.9 cm³/mol. The van der Waals surface area contributed by atoms with E-state index in [2.05, 4.69) is 0 Å². The Hall–Kier alpha value is -1.09. The van der Waals surface area contributed by atoms with Crippen LogP contribution in [0.25, 0.3) is 0 Å². The highest BCUT2D eigenvalue weighted by atomic mass is 35.5. The van der Waals surface area contributed by atoms with Crippen LogP contribution in [-0.4, -0.2) is 10.2 Å². The number of rotatable bonds is 0. The second-order valence-corrected chi connectivity index (χ2v) is 2.65. The summed E-state index contributed by atoms with van der Waals surface area (Å²) in [5.41, 5.74) is 6.10. The molecule has 0 saturated heterocycles. The topological polar surface area (TPSA) is 66.5 Å². The van der Waals surface area contributed by atoms with Gasteiger partial charge in [-0.3, -0.25) is 0 Å². The number of nitrogen functional groups attached to an aromatic ring is 1. The van der Waals surface area contributed by atoms with E-state index in [1.807, 2.05) is 0 Å². The van der Waals surface area contributed by atoms with E-state index < -0.39 is 0 Å². The number of nitrogens with two attached hydrogens (primary N) is 1. The quantitative estimate of drug-likeness (QED) is 0.318. The van der Waals surface area contributed by atoms with Crippen molar-refractivity contribution >= 4 is 17.3 Å². The second kappa shape index (κ2) is 2.51. The molecule has 0 aliphatic carbocycles. The summed E-state index contributed by atoms with van der Waals surface area (Å²) >= 11 is 5.61. The van der Waals surface area contributed by atoms with E-state index in [4.69, 9.17) is 27.5 Å². The zero-order valence-electron chi connectivity index (χ0n) is 5.93. The first-order chi connectivity index (χ1) is 5.04. The predicted octanol–water partition coefficient (Wildman–Crippen LogP) is 1.64. The molecule has 4 heteroatoms. The highest BCUT2D eigenvalue weighted by Crippen LogP contribution is 2.36. The number of anilines is 1. The highest BCUT2D eigenvalue weighted by molar-refractivity contribution is 6.33. The monoisotopic (exact) mass is 173 g/mol. The van der Waals surface area contributed by atoms with Gasteiger partial charge in [0.1, 0.15) is 11.5 Å². The van der Waals surface area contributed by atoms with Crippen LogP contribution in [0.5, 0.6) is 11.5 Å². The smallest absolute Gasteiger partial charge is 0.142 e. The van der Waals surface area contributed by atoms with Crippen LogP contribution in [0, 0.1) is 6.92 Å². The van der Waals surface area contributed by atoms with E-state index in [0.29, 0.717) is 5.56 Å². The minimum atomic E-state index is -0.157. The average Bonchev–Trinajstić information content (AvgIpc) is 1.97. The Morgan fingerprint density at radius 3 is 2.45 bits per heavy atom. The summed E-state index contributed by atoms with van der Waals surface area (Å²) in [6.07, 6.45) is 0. The number of benzene rings is 1. The molecule has 60 valence electrons. The molecule has 0 unspecified atom stereocenters. The number of aromatic hydroxyl groups is 2. The van der Waals surface area contributed by atoms with Crippen molar-refractivity contribution in [3.8, 4) is 11.5 Å². The van der Waals surface area contributed by atoms with Crippen LogP contribution >= 0.6 is 11.6 Å². The van der Waals surface area contributed by atoms with E-state index in [9.17, 15) is 0 Å². The molecule has 4 N–H and O–H groups in total. The van der Waals surface area contributed by atoms with Crippen LogP contribution in [-0.2, 0) is 0 Å². The summed E-state index contributed by atoms with van der Waals surface area (Å²) in [4.78, 5) is 0. The molecule has 0 spiro atoms. The standard InChI is InChI=1S/C7H8ClNO2/c1-3-6(8)4(10)2-5(11)7(3)9/h2,10-11H,9H2,1H3. The first kappa shape index (κ1) is 8.01. The zero-order valence-corrected chi connectivity index (χ0v) is 6.68. The van der Waals surface area contributed by atoms with E-state index in [0.717, 1.165) is 6.07 Å². The van der Waals surface area contributed by atoms with Crippen LogP contribution in [0.1, 0.15) is 5.56 Å². The molecule has 1 aromatic rings. The summed E-state index contributed by atoms with van der Waals surface area (Å²) in [6, 6.07) is 1.12. The fraction of sp³-hybridized carbons (Fsp3) is 0.143. The summed E-state index contributed by atoms with van der Waals surface area (Å²) in [5, 5.41) is 18.3. The maximum absolute atomic E-state index is 9.06. The Morgan fingerprint density at radius 2 is 1.91 bits per heavy atom. The van der Waals surface area contributed by atoms with Crippen LogP contribution in [0.3, 0.4) is 0 Å². The van der Waals surface area contributed by atoms with Crippen molar-refractivity contribution in [3.05, 3.63) is 16.7 Å². The summed E-state index contributed by atoms with van der Waals surface area (Å²) in [7, 11) is 0. The highest BCUT2D eigenvalue weighted by Gasteiger charge is 2.09. The molecule has 1 aromatic carbocycles. The molecule has 3 nitrogen and oxygen atoms in total. The maximum Gasteiger partial charge on any atom is 0.142 e. The van der Waals surface area contributed by atoms with Crippen LogP contribution < -0.4 is 5.73 Å². The van der Waals surface area contributed by atoms with Gasteiger partial charge in [0.15, 0.2) is 0 Å². The van der Waals surface area contributed by atoms with Crippen molar-refractivity contribution in [3.63, 3.8) is 0 Å². The molecule has 0 aromatic heterocycles. The SMILES string of the molecule is Cc1c(N)c(O)cc(O)c1Cl. The van der Waals surface area contributed by atoms with Gasteiger partial charge in [0, 0.05) is 6.07 Å². The van der Waals surface area contributed by atoms with Crippen molar-refractivity contribution in [2.75, 3.05) is 5.73 Å². The molecule has 0 fully saturated rings. The number of phenols is 2. The lowest BCUT2D eigenvalue weighted by Crippen LogP contribution is -1.90. The third kappa shape index (κ3) is 1.19. The third-order valence-electron chi connectivity index (χ3n) is 1.51. The summed E-state index contributed by atoms with van der Waals surface area (Å²) in [6.45, 7) is 1.62. The normalized spacial score (nSPS) is 10.0. The minimum absolute atomic E-state index is 0.149. The Kier molecular flexibility index (Phi) is 1.83. The van der Waals surface area contributed by atoms with Gasteiger partial charge >= 0.3 is 0 Å². The van der Waals surface area contributed by atoms with Gasteiger partial charge in [-0.2, -0.15) is 0 Å². The van der Waals surface area contributed by atoms with Gasteiger partial charge < -0.3 is 15.9 Å². The molecule has 0 radical (unpaired) electrons. The average molecular weight is 174 g/mol. The molecule has 0 amide bonds. The van der Waals surface area contributed by atoms with Crippen molar-refractivity contribution in [2.45, 2.75) is 6.92 Å². The minimum Gasteiger partial charge on any atom is -0.506 e. The lowest BCUT2D eigenvalue weighted by Gasteiger charge is -2.06. The Bertz CT molecular complexity index is 273. The molecule has 0 saturated carbocycles. The van der Waals surface area contributed by atoms with Gasteiger partial charge in [0.25, 0.3) is 0 Å². The molecule has 0 aliphatic rings. The van der Waals surface area contributed by atoms with Crippen molar-refractivity contribution in [2.24, 2.45) is 0 Å². The second-order valence-electron chi connectivity index (χ2n) is 2.27. The van der Waals surface area contributed by atoms with E-state index >= 15 is 0 Å².